The third-order valence-corrected chi connectivity index (χ3v) is 2.06. The van der Waals surface area contributed by atoms with Crippen LogP contribution in [0.3, 0.4) is 0 Å². The molecule has 0 aliphatic carbocycles. The van der Waals surface area contributed by atoms with Crippen molar-refractivity contribution in [2.24, 2.45) is 5.73 Å². The third kappa shape index (κ3) is 2.64. The molecule has 3 nitrogen and oxygen atoms in total. The van der Waals surface area contributed by atoms with Crippen LogP contribution >= 0.6 is 0 Å². The number of aliphatic hydroxyl groups excluding tert-OH is 1. The maximum atomic E-state index is 13.4. The van der Waals surface area contributed by atoms with Gasteiger partial charge in [0.2, 0.25) is 0 Å². The molecule has 0 heterocycles. The zero-order valence-corrected chi connectivity index (χ0v) is 8.34. The van der Waals surface area contributed by atoms with Gasteiger partial charge in [0.05, 0.1) is 18.8 Å². The molecule has 0 aromatic heterocycles. The number of aliphatic hydroxyl groups is 1. The quantitative estimate of drug-likeness (QED) is 0.800. The number of methoxy groups -OCH3 is 1. The molecule has 0 aliphatic heterocycles. The summed E-state index contributed by atoms with van der Waals surface area (Å²) in [6.07, 6.45) is -1.11. The molecule has 0 spiro atoms. The van der Waals surface area contributed by atoms with Crippen molar-refractivity contribution < 1.29 is 18.6 Å². The number of rotatable bonds is 4. The van der Waals surface area contributed by atoms with E-state index in [9.17, 15) is 13.9 Å². The smallest absolute Gasteiger partial charge is 0.135 e. The summed E-state index contributed by atoms with van der Waals surface area (Å²) in [6, 6.07) is 2.05. The van der Waals surface area contributed by atoms with Gasteiger partial charge >= 0.3 is 0 Å². The number of nitrogens with two attached hydrogens (primary N) is 1. The van der Waals surface area contributed by atoms with E-state index < -0.39 is 17.7 Å². The summed E-state index contributed by atoms with van der Waals surface area (Å²) in [7, 11) is 1.31. The highest BCUT2D eigenvalue weighted by atomic mass is 19.1. The topological polar surface area (TPSA) is 55.5 Å². The summed E-state index contributed by atoms with van der Waals surface area (Å²) >= 11 is 0. The van der Waals surface area contributed by atoms with Gasteiger partial charge in [0.15, 0.2) is 0 Å². The summed E-state index contributed by atoms with van der Waals surface area (Å²) in [6.45, 7) is 0.159. The van der Waals surface area contributed by atoms with Crippen molar-refractivity contribution >= 4 is 0 Å². The van der Waals surface area contributed by atoms with Gasteiger partial charge < -0.3 is 15.6 Å². The minimum Gasteiger partial charge on any atom is -0.497 e. The Hall–Kier alpha value is -1.20. The molecule has 1 aromatic rings. The summed E-state index contributed by atoms with van der Waals surface area (Å²) in [5.41, 5.74) is 4.83. The van der Waals surface area contributed by atoms with Gasteiger partial charge in [0, 0.05) is 12.1 Å². The molecule has 0 radical (unpaired) electrons. The Morgan fingerprint density at radius 3 is 2.33 bits per heavy atom. The predicted octanol–water partition coefficient (Wildman–Crippen LogP) is 1.36. The predicted molar refractivity (Wildman–Crippen MR) is 51.5 cm³/mol. The van der Waals surface area contributed by atoms with Gasteiger partial charge in [-0.2, -0.15) is 0 Å². The Balaban J connectivity index is 3.07. The van der Waals surface area contributed by atoms with Crippen molar-refractivity contribution in [3.05, 3.63) is 29.3 Å². The SMILES string of the molecule is COc1cc(F)c([C@H](O)CCN)c(F)c1. The van der Waals surface area contributed by atoms with E-state index in [1.54, 1.807) is 0 Å². The van der Waals surface area contributed by atoms with Crippen molar-refractivity contribution in [2.45, 2.75) is 12.5 Å². The lowest BCUT2D eigenvalue weighted by Gasteiger charge is -2.12. The molecule has 0 saturated heterocycles. The van der Waals surface area contributed by atoms with Crippen LogP contribution in [0.1, 0.15) is 18.1 Å². The van der Waals surface area contributed by atoms with E-state index >= 15 is 0 Å². The summed E-state index contributed by atoms with van der Waals surface area (Å²) in [5, 5.41) is 9.44. The van der Waals surface area contributed by atoms with Gasteiger partial charge in [-0.15, -0.1) is 0 Å². The second-order valence-electron chi connectivity index (χ2n) is 3.10. The molecule has 0 unspecified atom stereocenters. The molecule has 0 amide bonds. The second kappa shape index (κ2) is 5.04. The second-order valence-corrected chi connectivity index (χ2v) is 3.10. The molecule has 0 aliphatic rings. The number of halogens is 2. The molecular formula is C10H13F2NO2. The fraction of sp³-hybridized carbons (Fsp3) is 0.400. The van der Waals surface area contributed by atoms with E-state index in [-0.39, 0.29) is 24.3 Å². The Kier molecular flexibility index (Phi) is 3.99. The largest absolute Gasteiger partial charge is 0.497 e. The van der Waals surface area contributed by atoms with Crippen molar-refractivity contribution in [2.75, 3.05) is 13.7 Å². The first-order chi connectivity index (χ1) is 7.10. The Bertz CT molecular complexity index is 321. The maximum Gasteiger partial charge on any atom is 0.135 e. The lowest BCUT2D eigenvalue weighted by Crippen LogP contribution is -2.10. The summed E-state index contributed by atoms with van der Waals surface area (Å²) in [5.74, 6) is -1.57. The van der Waals surface area contributed by atoms with Crippen LogP contribution < -0.4 is 10.5 Å². The molecule has 0 saturated carbocycles. The van der Waals surface area contributed by atoms with Crippen LogP contribution in [0.15, 0.2) is 12.1 Å². The van der Waals surface area contributed by atoms with Crippen LogP contribution in [0.5, 0.6) is 5.75 Å². The van der Waals surface area contributed by atoms with Gasteiger partial charge in [-0.1, -0.05) is 0 Å². The van der Waals surface area contributed by atoms with Crippen molar-refractivity contribution in [1.82, 2.24) is 0 Å². The zero-order valence-electron chi connectivity index (χ0n) is 8.34. The highest BCUT2D eigenvalue weighted by Gasteiger charge is 2.18. The first-order valence-electron chi connectivity index (χ1n) is 4.51. The van der Waals surface area contributed by atoms with E-state index in [0.717, 1.165) is 12.1 Å². The lowest BCUT2D eigenvalue weighted by atomic mass is 10.1. The molecule has 1 atom stereocenters. The molecular weight excluding hydrogens is 204 g/mol. The van der Waals surface area contributed by atoms with Gasteiger partial charge in [0.1, 0.15) is 17.4 Å². The van der Waals surface area contributed by atoms with Gasteiger partial charge in [-0.25, -0.2) is 8.78 Å². The molecule has 3 N–H and O–H groups in total. The van der Waals surface area contributed by atoms with Gasteiger partial charge in [-0.05, 0) is 13.0 Å². The van der Waals surface area contributed by atoms with E-state index in [0.29, 0.717) is 0 Å². The van der Waals surface area contributed by atoms with Gasteiger partial charge in [0.25, 0.3) is 0 Å². The lowest BCUT2D eigenvalue weighted by molar-refractivity contribution is 0.160. The number of benzene rings is 1. The standard InChI is InChI=1S/C10H13F2NO2/c1-15-6-4-7(11)10(8(12)5-6)9(14)2-3-13/h4-5,9,14H,2-3,13H2,1H3/t9-/m1/s1. The number of hydrogen-bond acceptors (Lipinski definition) is 3. The van der Waals surface area contributed by atoms with Crippen LogP contribution in [-0.4, -0.2) is 18.8 Å². The molecule has 1 aromatic carbocycles. The van der Waals surface area contributed by atoms with Crippen LogP contribution in [-0.2, 0) is 0 Å². The fourth-order valence-electron chi connectivity index (χ4n) is 1.30. The monoisotopic (exact) mass is 217 g/mol. The normalized spacial score (nSPS) is 12.6. The van der Waals surface area contributed by atoms with E-state index in [2.05, 4.69) is 4.74 Å². The van der Waals surface area contributed by atoms with Gasteiger partial charge in [-0.3, -0.25) is 0 Å². The highest BCUT2D eigenvalue weighted by Crippen LogP contribution is 2.26. The first kappa shape index (κ1) is 11.9. The van der Waals surface area contributed by atoms with E-state index in [4.69, 9.17) is 5.73 Å². The average Bonchev–Trinajstić information content (AvgIpc) is 2.16. The zero-order chi connectivity index (χ0) is 11.4. The van der Waals surface area contributed by atoms with Crippen LogP contribution in [0.4, 0.5) is 8.78 Å². The van der Waals surface area contributed by atoms with Crippen molar-refractivity contribution in [3.63, 3.8) is 0 Å². The number of hydrogen-bond donors (Lipinski definition) is 2. The number of ether oxygens (including phenoxy) is 1. The molecule has 0 fully saturated rings. The maximum absolute atomic E-state index is 13.4. The summed E-state index contributed by atoms with van der Waals surface area (Å²) in [4.78, 5) is 0. The Morgan fingerprint density at radius 1 is 1.40 bits per heavy atom. The fourth-order valence-corrected chi connectivity index (χ4v) is 1.30. The van der Waals surface area contributed by atoms with Crippen molar-refractivity contribution in [3.8, 4) is 5.75 Å². The van der Waals surface area contributed by atoms with E-state index in [1.807, 2.05) is 0 Å². The third-order valence-electron chi connectivity index (χ3n) is 2.06. The molecule has 1 rings (SSSR count). The highest BCUT2D eigenvalue weighted by molar-refractivity contribution is 5.31. The molecule has 0 bridgehead atoms. The van der Waals surface area contributed by atoms with Crippen molar-refractivity contribution in [1.29, 1.82) is 0 Å². The Morgan fingerprint density at radius 2 is 1.93 bits per heavy atom. The minimum atomic E-state index is -1.22. The summed E-state index contributed by atoms with van der Waals surface area (Å²) < 4.78 is 31.4. The molecule has 84 valence electrons. The minimum absolute atomic E-state index is 0.0775. The molecule has 5 heteroatoms. The first-order valence-corrected chi connectivity index (χ1v) is 4.51. The Labute approximate surface area is 86.5 Å². The van der Waals surface area contributed by atoms with Crippen LogP contribution in [0.25, 0.3) is 0 Å². The average molecular weight is 217 g/mol. The van der Waals surface area contributed by atoms with Crippen LogP contribution in [0, 0.1) is 11.6 Å². The van der Waals surface area contributed by atoms with E-state index in [1.165, 1.54) is 7.11 Å². The van der Waals surface area contributed by atoms with Crippen LogP contribution in [0.2, 0.25) is 0 Å². The molecule has 15 heavy (non-hydrogen) atoms.